The zero-order valence-electron chi connectivity index (χ0n) is 11.7. The Balaban J connectivity index is 1.71. The third-order valence-electron chi connectivity index (χ3n) is 3.77. The second-order valence-corrected chi connectivity index (χ2v) is 7.60. The van der Waals surface area contributed by atoms with Gasteiger partial charge in [0.05, 0.1) is 0 Å². The molecule has 0 aromatic heterocycles. The van der Waals surface area contributed by atoms with Crippen LogP contribution in [-0.4, -0.2) is 12.6 Å². The number of halogens is 1. The fourth-order valence-corrected chi connectivity index (χ4v) is 2.89. The van der Waals surface area contributed by atoms with Crippen molar-refractivity contribution in [1.29, 1.82) is 0 Å². The lowest BCUT2D eigenvalue weighted by molar-refractivity contribution is 0.270. The molecule has 1 aromatic rings. The van der Waals surface area contributed by atoms with E-state index in [2.05, 4.69) is 66.3 Å². The summed E-state index contributed by atoms with van der Waals surface area (Å²) in [7, 11) is 0. The molecule has 0 radical (unpaired) electrons. The Morgan fingerprint density at radius 2 is 2.00 bits per heavy atom. The smallest absolute Gasteiger partial charge is 0.0178 e. The molecule has 0 unspecified atom stereocenters. The largest absolute Gasteiger partial charge is 0.314 e. The Morgan fingerprint density at radius 1 is 1.28 bits per heavy atom. The van der Waals surface area contributed by atoms with Crippen molar-refractivity contribution in [3.8, 4) is 0 Å². The highest BCUT2D eigenvalue weighted by atomic mass is 79.9. The number of hydrogen-bond donors (Lipinski definition) is 1. The maximum Gasteiger partial charge on any atom is 0.0178 e. The molecule has 0 aliphatic heterocycles. The van der Waals surface area contributed by atoms with E-state index in [1.54, 1.807) is 0 Å². The first-order valence-electron chi connectivity index (χ1n) is 6.93. The first kappa shape index (κ1) is 14.1. The van der Waals surface area contributed by atoms with Crippen molar-refractivity contribution in [2.45, 2.75) is 52.0 Å². The van der Waals surface area contributed by atoms with Gasteiger partial charge in [0, 0.05) is 10.5 Å². The zero-order chi connectivity index (χ0) is 13.2. The van der Waals surface area contributed by atoms with Crippen LogP contribution in [0.5, 0.6) is 0 Å². The zero-order valence-corrected chi connectivity index (χ0v) is 13.3. The van der Waals surface area contributed by atoms with E-state index in [4.69, 9.17) is 0 Å². The Kier molecular flexibility index (Phi) is 4.50. The van der Waals surface area contributed by atoms with Gasteiger partial charge in [-0.25, -0.2) is 0 Å². The summed E-state index contributed by atoms with van der Waals surface area (Å²) < 4.78 is 1.20. The third-order valence-corrected chi connectivity index (χ3v) is 4.26. The van der Waals surface area contributed by atoms with E-state index in [0.717, 1.165) is 18.5 Å². The van der Waals surface area contributed by atoms with Gasteiger partial charge in [0.25, 0.3) is 0 Å². The molecule has 1 fully saturated rings. The highest BCUT2D eigenvalue weighted by Gasteiger charge is 2.29. The molecule has 1 N–H and O–H groups in total. The molecule has 100 valence electrons. The summed E-state index contributed by atoms with van der Waals surface area (Å²) in [6.07, 6.45) is 3.84. The summed E-state index contributed by atoms with van der Waals surface area (Å²) in [5.74, 6) is 0.759. The Labute approximate surface area is 119 Å². The highest BCUT2D eigenvalue weighted by Crippen LogP contribution is 2.37. The summed E-state index contributed by atoms with van der Waals surface area (Å²) >= 11 is 3.55. The van der Waals surface area contributed by atoms with Crippen LogP contribution in [0.15, 0.2) is 28.7 Å². The summed E-state index contributed by atoms with van der Waals surface area (Å²) in [6, 6.07) is 9.48. The van der Waals surface area contributed by atoms with Crippen LogP contribution >= 0.6 is 15.9 Å². The van der Waals surface area contributed by atoms with Gasteiger partial charge in [-0.2, -0.15) is 0 Å². The van der Waals surface area contributed by atoms with E-state index in [1.807, 2.05) is 0 Å². The van der Waals surface area contributed by atoms with Gasteiger partial charge in [0.15, 0.2) is 0 Å². The second kappa shape index (κ2) is 5.75. The quantitative estimate of drug-likeness (QED) is 0.848. The average molecular weight is 310 g/mol. The second-order valence-electron chi connectivity index (χ2n) is 6.69. The van der Waals surface area contributed by atoms with Gasteiger partial charge < -0.3 is 5.32 Å². The van der Waals surface area contributed by atoms with Crippen molar-refractivity contribution in [3.05, 3.63) is 34.3 Å². The molecule has 2 heteroatoms. The van der Waals surface area contributed by atoms with E-state index in [0.29, 0.717) is 5.41 Å². The summed E-state index contributed by atoms with van der Waals surface area (Å²) in [6.45, 7) is 8.07. The Hall–Kier alpha value is -0.340. The topological polar surface area (TPSA) is 12.0 Å². The molecule has 2 rings (SSSR count). The minimum atomic E-state index is 0.445. The number of hydrogen-bond acceptors (Lipinski definition) is 1. The molecule has 0 amide bonds. The maximum atomic E-state index is 3.68. The maximum absolute atomic E-state index is 3.68. The molecular weight excluding hydrogens is 286 g/mol. The van der Waals surface area contributed by atoms with Crippen molar-refractivity contribution in [1.82, 2.24) is 5.32 Å². The van der Waals surface area contributed by atoms with Crippen LogP contribution in [0.2, 0.25) is 0 Å². The van der Waals surface area contributed by atoms with E-state index in [-0.39, 0.29) is 0 Å². The van der Waals surface area contributed by atoms with Gasteiger partial charge in [-0.15, -0.1) is 0 Å². The minimum Gasteiger partial charge on any atom is -0.314 e. The van der Waals surface area contributed by atoms with E-state index in [1.165, 1.54) is 29.3 Å². The van der Waals surface area contributed by atoms with Crippen LogP contribution in [0.1, 0.15) is 51.5 Å². The van der Waals surface area contributed by atoms with Crippen LogP contribution in [0, 0.1) is 5.41 Å². The molecular formula is C16H24BrN. The van der Waals surface area contributed by atoms with Crippen molar-refractivity contribution < 1.29 is 0 Å². The molecule has 0 bridgehead atoms. The Bertz CT molecular complexity index is 388. The lowest BCUT2D eigenvalue weighted by atomic mass is 9.76. The van der Waals surface area contributed by atoms with E-state index >= 15 is 0 Å². The first-order chi connectivity index (χ1) is 8.44. The molecule has 0 heterocycles. The lowest BCUT2D eigenvalue weighted by Gasteiger charge is -2.37. The normalized spacial score (nSPS) is 23.8. The predicted octanol–water partition coefficient (Wildman–Crippen LogP) is 4.72. The molecule has 18 heavy (non-hydrogen) atoms. The predicted molar refractivity (Wildman–Crippen MR) is 82.0 cm³/mol. The van der Waals surface area contributed by atoms with Crippen LogP contribution in [0.3, 0.4) is 0 Å². The van der Waals surface area contributed by atoms with Gasteiger partial charge in [0.2, 0.25) is 0 Å². The lowest BCUT2D eigenvalue weighted by Crippen LogP contribution is -2.41. The fourth-order valence-electron chi connectivity index (χ4n) is 2.47. The Morgan fingerprint density at radius 3 is 2.61 bits per heavy atom. The molecule has 0 atom stereocenters. The molecule has 1 aromatic carbocycles. The van der Waals surface area contributed by atoms with Gasteiger partial charge in [-0.3, -0.25) is 0 Å². The number of benzene rings is 1. The molecule has 1 aliphatic rings. The van der Waals surface area contributed by atoms with Crippen molar-refractivity contribution in [3.63, 3.8) is 0 Å². The highest BCUT2D eigenvalue weighted by molar-refractivity contribution is 9.10. The average Bonchev–Trinajstić information content (AvgIpc) is 2.19. The molecule has 0 saturated heterocycles. The van der Waals surface area contributed by atoms with Gasteiger partial charge in [0.1, 0.15) is 0 Å². The molecule has 0 spiro atoms. The minimum absolute atomic E-state index is 0.445. The summed E-state index contributed by atoms with van der Waals surface area (Å²) in [5, 5.41) is 3.68. The van der Waals surface area contributed by atoms with Crippen molar-refractivity contribution in [2.24, 2.45) is 5.41 Å². The molecule has 1 aliphatic carbocycles. The van der Waals surface area contributed by atoms with Crippen LogP contribution in [-0.2, 0) is 0 Å². The molecule has 1 nitrogen and oxygen atoms in total. The standard InChI is InChI=1S/C16H24BrN/c1-16(2,3)7-8-18-15-10-13(11-15)12-5-4-6-14(17)9-12/h4-6,9,13,15,18H,7-8,10-11H2,1-3H3. The van der Waals surface area contributed by atoms with Gasteiger partial charge in [-0.1, -0.05) is 48.8 Å². The van der Waals surface area contributed by atoms with E-state index < -0.39 is 0 Å². The first-order valence-corrected chi connectivity index (χ1v) is 7.72. The van der Waals surface area contributed by atoms with Crippen molar-refractivity contribution in [2.75, 3.05) is 6.54 Å². The van der Waals surface area contributed by atoms with Crippen LogP contribution in [0.4, 0.5) is 0 Å². The number of rotatable bonds is 4. The third kappa shape index (κ3) is 4.10. The monoisotopic (exact) mass is 309 g/mol. The SMILES string of the molecule is CC(C)(C)CCNC1CC(c2cccc(Br)c2)C1. The summed E-state index contributed by atoms with van der Waals surface area (Å²) in [5.41, 5.74) is 1.93. The van der Waals surface area contributed by atoms with Crippen molar-refractivity contribution >= 4 is 15.9 Å². The molecule has 1 saturated carbocycles. The fraction of sp³-hybridized carbons (Fsp3) is 0.625. The van der Waals surface area contributed by atoms with Gasteiger partial charge in [-0.05, 0) is 54.8 Å². The van der Waals surface area contributed by atoms with E-state index in [9.17, 15) is 0 Å². The summed E-state index contributed by atoms with van der Waals surface area (Å²) in [4.78, 5) is 0. The van der Waals surface area contributed by atoms with Gasteiger partial charge >= 0.3 is 0 Å². The number of nitrogens with one attached hydrogen (secondary N) is 1. The van der Waals surface area contributed by atoms with Crippen LogP contribution < -0.4 is 5.32 Å². The van der Waals surface area contributed by atoms with Crippen LogP contribution in [0.25, 0.3) is 0 Å².